The van der Waals surface area contributed by atoms with Crippen molar-refractivity contribution in [1.82, 2.24) is 14.9 Å². The molecule has 2 aliphatic rings. The van der Waals surface area contributed by atoms with Crippen LogP contribution in [-0.2, 0) is 17.6 Å². The molecule has 0 bridgehead atoms. The Balaban J connectivity index is 1.73. The quantitative estimate of drug-likeness (QED) is 0.823. The molecule has 1 aromatic heterocycles. The maximum Gasteiger partial charge on any atom is 0.406 e. The van der Waals surface area contributed by atoms with Crippen LogP contribution in [0.15, 0.2) is 6.33 Å². The number of halogens is 3. The zero-order valence-electron chi connectivity index (χ0n) is 11.4. The number of carbonyl (C=O) groups is 1. The third-order valence-electron chi connectivity index (χ3n) is 3.84. The number of hydrogen-bond acceptors (Lipinski definition) is 4. The smallest absolute Gasteiger partial charge is 0.345 e. The van der Waals surface area contributed by atoms with Crippen LogP contribution >= 0.6 is 0 Å². The van der Waals surface area contributed by atoms with Crippen LogP contribution in [0.3, 0.4) is 0 Å². The fourth-order valence-corrected chi connectivity index (χ4v) is 2.89. The number of rotatable bonds is 2. The Labute approximate surface area is 119 Å². The van der Waals surface area contributed by atoms with Crippen molar-refractivity contribution in [1.29, 1.82) is 0 Å². The van der Waals surface area contributed by atoms with Crippen molar-refractivity contribution in [2.24, 2.45) is 0 Å². The van der Waals surface area contributed by atoms with E-state index in [0.717, 1.165) is 35.4 Å². The minimum atomic E-state index is -4.35. The Morgan fingerprint density at radius 3 is 2.71 bits per heavy atom. The van der Waals surface area contributed by atoms with E-state index >= 15 is 0 Å². The lowest BCUT2D eigenvalue weighted by Crippen LogP contribution is -2.53. The maximum absolute atomic E-state index is 12.4. The Hall–Kier alpha value is -1.86. The number of anilines is 1. The summed E-state index contributed by atoms with van der Waals surface area (Å²) in [6.45, 7) is -0.802. The van der Waals surface area contributed by atoms with E-state index in [-0.39, 0.29) is 13.1 Å². The SMILES string of the molecule is O=C1CN(c2ncnc3c2CCC3)CCN1CC(F)(F)F. The summed E-state index contributed by atoms with van der Waals surface area (Å²) in [5.74, 6) is 0.196. The van der Waals surface area contributed by atoms with Crippen LogP contribution in [0.25, 0.3) is 0 Å². The molecule has 2 heterocycles. The molecule has 0 aromatic carbocycles. The summed E-state index contributed by atoms with van der Waals surface area (Å²) in [6, 6.07) is 0. The van der Waals surface area contributed by atoms with Crippen LogP contribution in [0.2, 0.25) is 0 Å². The second kappa shape index (κ2) is 5.16. The molecular weight excluding hydrogens is 285 g/mol. The molecule has 1 fully saturated rings. The van der Waals surface area contributed by atoms with Crippen LogP contribution in [0.1, 0.15) is 17.7 Å². The van der Waals surface area contributed by atoms with Crippen LogP contribution in [0.4, 0.5) is 19.0 Å². The first-order chi connectivity index (χ1) is 9.94. The van der Waals surface area contributed by atoms with Crippen LogP contribution in [-0.4, -0.2) is 53.1 Å². The van der Waals surface area contributed by atoms with Gasteiger partial charge in [0.25, 0.3) is 0 Å². The summed E-state index contributed by atoms with van der Waals surface area (Å²) < 4.78 is 37.2. The Morgan fingerprint density at radius 1 is 1.19 bits per heavy atom. The molecule has 8 heteroatoms. The summed E-state index contributed by atoms with van der Waals surface area (Å²) in [7, 11) is 0. The van der Waals surface area contributed by atoms with E-state index in [1.54, 1.807) is 4.90 Å². The highest BCUT2D eigenvalue weighted by molar-refractivity contribution is 5.82. The number of aryl methyl sites for hydroxylation is 1. The predicted molar refractivity (Wildman–Crippen MR) is 68.9 cm³/mol. The summed E-state index contributed by atoms with van der Waals surface area (Å²) >= 11 is 0. The average molecular weight is 300 g/mol. The average Bonchev–Trinajstić information content (AvgIpc) is 2.88. The lowest BCUT2D eigenvalue weighted by Gasteiger charge is -2.35. The fourth-order valence-electron chi connectivity index (χ4n) is 2.89. The molecule has 3 rings (SSSR count). The summed E-state index contributed by atoms with van der Waals surface area (Å²) in [5.41, 5.74) is 2.03. The molecule has 0 spiro atoms. The van der Waals surface area contributed by atoms with Crippen LogP contribution in [0, 0.1) is 0 Å². The van der Waals surface area contributed by atoms with Gasteiger partial charge in [0.2, 0.25) is 5.91 Å². The van der Waals surface area contributed by atoms with Gasteiger partial charge in [0.15, 0.2) is 0 Å². The standard InChI is InChI=1S/C13H15F3N4O/c14-13(15,16)7-20-5-4-19(6-11(20)21)12-9-2-1-3-10(9)17-8-18-12/h8H,1-7H2. The number of carbonyl (C=O) groups excluding carboxylic acids is 1. The first kappa shape index (κ1) is 14.1. The Morgan fingerprint density at radius 2 is 2.00 bits per heavy atom. The highest BCUT2D eigenvalue weighted by Crippen LogP contribution is 2.29. The number of alkyl halides is 3. The molecule has 1 aromatic rings. The van der Waals surface area contributed by atoms with Gasteiger partial charge in [-0.05, 0) is 19.3 Å². The molecule has 1 aliphatic heterocycles. The van der Waals surface area contributed by atoms with Gasteiger partial charge in [-0.25, -0.2) is 9.97 Å². The summed E-state index contributed by atoms with van der Waals surface area (Å²) in [5, 5.41) is 0. The van der Waals surface area contributed by atoms with Crippen molar-refractivity contribution in [2.45, 2.75) is 25.4 Å². The number of fused-ring (bicyclic) bond motifs is 1. The van der Waals surface area contributed by atoms with Crippen molar-refractivity contribution in [3.8, 4) is 0 Å². The zero-order chi connectivity index (χ0) is 15.0. The minimum absolute atomic E-state index is 0.0560. The molecule has 0 atom stereocenters. The number of piperazine rings is 1. The van der Waals surface area contributed by atoms with Crippen molar-refractivity contribution in [3.63, 3.8) is 0 Å². The molecule has 21 heavy (non-hydrogen) atoms. The highest BCUT2D eigenvalue weighted by Gasteiger charge is 2.36. The Bertz CT molecular complexity index is 561. The molecular formula is C13H15F3N4O. The largest absolute Gasteiger partial charge is 0.406 e. The normalized spacial score (nSPS) is 19.1. The molecule has 0 unspecified atom stereocenters. The van der Waals surface area contributed by atoms with E-state index in [1.807, 2.05) is 0 Å². The van der Waals surface area contributed by atoms with E-state index in [9.17, 15) is 18.0 Å². The van der Waals surface area contributed by atoms with Gasteiger partial charge in [-0.1, -0.05) is 0 Å². The third kappa shape index (κ3) is 2.93. The number of nitrogens with zero attached hydrogens (tertiary/aromatic N) is 4. The van der Waals surface area contributed by atoms with Crippen LogP contribution in [0.5, 0.6) is 0 Å². The predicted octanol–water partition coefficient (Wildman–Crippen LogP) is 1.18. The third-order valence-corrected chi connectivity index (χ3v) is 3.84. The van der Waals surface area contributed by atoms with Crippen molar-refractivity contribution in [3.05, 3.63) is 17.6 Å². The molecule has 0 radical (unpaired) electrons. The van der Waals surface area contributed by atoms with Gasteiger partial charge in [-0.3, -0.25) is 4.79 Å². The van der Waals surface area contributed by atoms with Gasteiger partial charge in [-0.2, -0.15) is 13.2 Å². The van der Waals surface area contributed by atoms with Gasteiger partial charge in [-0.15, -0.1) is 0 Å². The monoisotopic (exact) mass is 300 g/mol. The number of amides is 1. The van der Waals surface area contributed by atoms with Gasteiger partial charge < -0.3 is 9.80 Å². The second-order valence-corrected chi connectivity index (χ2v) is 5.33. The van der Waals surface area contributed by atoms with Gasteiger partial charge in [0.05, 0.1) is 6.54 Å². The lowest BCUT2D eigenvalue weighted by molar-refractivity contribution is -0.161. The minimum Gasteiger partial charge on any atom is -0.345 e. The van der Waals surface area contributed by atoms with Crippen molar-refractivity contribution < 1.29 is 18.0 Å². The molecule has 1 aliphatic carbocycles. The van der Waals surface area contributed by atoms with Gasteiger partial charge in [0.1, 0.15) is 18.7 Å². The maximum atomic E-state index is 12.4. The van der Waals surface area contributed by atoms with E-state index in [2.05, 4.69) is 9.97 Å². The molecule has 1 amide bonds. The van der Waals surface area contributed by atoms with Crippen LogP contribution < -0.4 is 4.90 Å². The second-order valence-electron chi connectivity index (χ2n) is 5.33. The van der Waals surface area contributed by atoms with Gasteiger partial charge >= 0.3 is 6.18 Å². The van der Waals surface area contributed by atoms with Crippen molar-refractivity contribution >= 4 is 11.7 Å². The number of aromatic nitrogens is 2. The summed E-state index contributed by atoms with van der Waals surface area (Å²) in [6.07, 6.45) is -0.127. The van der Waals surface area contributed by atoms with Crippen molar-refractivity contribution in [2.75, 3.05) is 31.1 Å². The molecule has 114 valence electrons. The molecule has 1 saturated heterocycles. The van der Waals surface area contributed by atoms with E-state index in [4.69, 9.17) is 0 Å². The molecule has 5 nitrogen and oxygen atoms in total. The number of hydrogen-bond donors (Lipinski definition) is 0. The Kier molecular flexibility index (Phi) is 3.46. The van der Waals surface area contributed by atoms with Gasteiger partial charge in [0, 0.05) is 24.3 Å². The molecule has 0 saturated carbocycles. The highest BCUT2D eigenvalue weighted by atomic mass is 19.4. The first-order valence-corrected chi connectivity index (χ1v) is 6.86. The first-order valence-electron chi connectivity index (χ1n) is 6.86. The fraction of sp³-hybridized carbons (Fsp3) is 0.615. The van der Waals surface area contributed by atoms with E-state index in [0.29, 0.717) is 12.4 Å². The molecule has 0 N–H and O–H groups in total. The lowest BCUT2D eigenvalue weighted by atomic mass is 10.2. The summed E-state index contributed by atoms with van der Waals surface area (Å²) in [4.78, 5) is 23.0. The zero-order valence-corrected chi connectivity index (χ0v) is 11.4. The topological polar surface area (TPSA) is 49.3 Å². The van der Waals surface area contributed by atoms with E-state index in [1.165, 1.54) is 6.33 Å². The van der Waals surface area contributed by atoms with E-state index < -0.39 is 18.6 Å².